The highest BCUT2D eigenvalue weighted by Gasteiger charge is 2.15. The maximum Gasteiger partial charge on any atom is 0.255 e. The van der Waals surface area contributed by atoms with Crippen LogP contribution in [0, 0.1) is 6.92 Å². The number of fused-ring (bicyclic) bond motifs is 1. The molecule has 0 atom stereocenters. The minimum atomic E-state index is -0.160. The van der Waals surface area contributed by atoms with Gasteiger partial charge in [-0.3, -0.25) is 4.79 Å². The quantitative estimate of drug-likeness (QED) is 0.911. The second-order valence-corrected chi connectivity index (χ2v) is 4.68. The lowest BCUT2D eigenvalue weighted by Gasteiger charge is -2.18. The maximum atomic E-state index is 12.2. The van der Waals surface area contributed by atoms with Gasteiger partial charge in [0.1, 0.15) is 13.2 Å². The zero-order chi connectivity index (χ0) is 13.9. The van der Waals surface area contributed by atoms with Crippen molar-refractivity contribution in [1.82, 2.24) is 0 Å². The predicted molar refractivity (Wildman–Crippen MR) is 76.6 cm³/mol. The Bertz CT molecular complexity index is 652. The van der Waals surface area contributed by atoms with Crippen molar-refractivity contribution in [2.24, 2.45) is 0 Å². The van der Waals surface area contributed by atoms with Crippen LogP contribution in [0.4, 0.5) is 5.69 Å². The van der Waals surface area contributed by atoms with Crippen molar-refractivity contribution >= 4 is 11.6 Å². The molecule has 0 unspecified atom stereocenters. The molecule has 1 heterocycles. The van der Waals surface area contributed by atoms with E-state index in [1.54, 1.807) is 18.2 Å². The summed E-state index contributed by atoms with van der Waals surface area (Å²) in [4.78, 5) is 12.2. The molecule has 3 rings (SSSR count). The zero-order valence-corrected chi connectivity index (χ0v) is 11.2. The number of amides is 1. The molecule has 0 fully saturated rings. The van der Waals surface area contributed by atoms with Gasteiger partial charge in [0, 0.05) is 11.3 Å². The molecule has 1 amide bonds. The van der Waals surface area contributed by atoms with E-state index >= 15 is 0 Å². The predicted octanol–water partition coefficient (Wildman–Crippen LogP) is 3.02. The van der Waals surface area contributed by atoms with Crippen LogP contribution < -0.4 is 14.8 Å². The number of rotatable bonds is 2. The van der Waals surface area contributed by atoms with Crippen molar-refractivity contribution in [3.05, 3.63) is 53.6 Å². The first-order valence-electron chi connectivity index (χ1n) is 6.50. The molecule has 0 aromatic heterocycles. The molecule has 1 aliphatic rings. The second-order valence-electron chi connectivity index (χ2n) is 4.68. The Labute approximate surface area is 117 Å². The van der Waals surface area contributed by atoms with E-state index < -0.39 is 0 Å². The molecule has 0 saturated heterocycles. The second kappa shape index (κ2) is 5.25. The lowest BCUT2D eigenvalue weighted by molar-refractivity contribution is 0.102. The van der Waals surface area contributed by atoms with Gasteiger partial charge in [0.15, 0.2) is 11.5 Å². The van der Waals surface area contributed by atoms with Crippen molar-refractivity contribution in [1.29, 1.82) is 0 Å². The lowest BCUT2D eigenvalue weighted by Crippen LogP contribution is -2.17. The largest absolute Gasteiger partial charge is 0.486 e. The summed E-state index contributed by atoms with van der Waals surface area (Å²) < 4.78 is 10.9. The number of benzene rings is 2. The van der Waals surface area contributed by atoms with Gasteiger partial charge in [0.25, 0.3) is 5.91 Å². The van der Waals surface area contributed by atoms with Crippen molar-refractivity contribution in [2.45, 2.75) is 6.92 Å². The fourth-order valence-corrected chi connectivity index (χ4v) is 2.11. The topological polar surface area (TPSA) is 47.6 Å². The van der Waals surface area contributed by atoms with Crippen LogP contribution in [0.5, 0.6) is 11.5 Å². The lowest BCUT2D eigenvalue weighted by atomic mass is 10.1. The summed E-state index contributed by atoms with van der Waals surface area (Å²) in [5.74, 6) is 1.14. The van der Waals surface area contributed by atoms with Gasteiger partial charge < -0.3 is 14.8 Å². The fraction of sp³-hybridized carbons (Fsp3) is 0.188. The van der Waals surface area contributed by atoms with Crippen LogP contribution in [-0.2, 0) is 0 Å². The molecule has 4 nitrogen and oxygen atoms in total. The van der Waals surface area contributed by atoms with E-state index in [-0.39, 0.29) is 5.91 Å². The highest BCUT2D eigenvalue weighted by Crippen LogP contribution is 2.30. The third-order valence-electron chi connectivity index (χ3n) is 3.08. The van der Waals surface area contributed by atoms with E-state index in [9.17, 15) is 4.79 Å². The van der Waals surface area contributed by atoms with Gasteiger partial charge >= 0.3 is 0 Å². The van der Waals surface area contributed by atoms with Crippen molar-refractivity contribution in [3.8, 4) is 11.5 Å². The number of aryl methyl sites for hydroxylation is 1. The van der Waals surface area contributed by atoms with E-state index in [0.717, 1.165) is 11.3 Å². The zero-order valence-electron chi connectivity index (χ0n) is 11.2. The van der Waals surface area contributed by atoms with Crippen molar-refractivity contribution in [3.63, 3.8) is 0 Å². The van der Waals surface area contributed by atoms with Crippen LogP contribution in [0.25, 0.3) is 0 Å². The molecule has 1 aliphatic heterocycles. The molecule has 0 bridgehead atoms. The number of carbonyl (C=O) groups is 1. The first kappa shape index (κ1) is 12.5. The van der Waals surface area contributed by atoms with E-state index in [1.807, 2.05) is 31.2 Å². The third-order valence-corrected chi connectivity index (χ3v) is 3.08. The fourth-order valence-electron chi connectivity index (χ4n) is 2.11. The Balaban J connectivity index is 1.80. The van der Waals surface area contributed by atoms with Crippen molar-refractivity contribution in [2.75, 3.05) is 18.5 Å². The molecule has 2 aromatic carbocycles. The summed E-state index contributed by atoms with van der Waals surface area (Å²) in [6.07, 6.45) is 0. The summed E-state index contributed by atoms with van der Waals surface area (Å²) in [6, 6.07) is 12.9. The first-order valence-corrected chi connectivity index (χ1v) is 6.50. The summed E-state index contributed by atoms with van der Waals surface area (Å²) >= 11 is 0. The van der Waals surface area contributed by atoms with Crippen molar-refractivity contribution < 1.29 is 14.3 Å². The molecule has 0 saturated carbocycles. The van der Waals surface area contributed by atoms with Crippen LogP contribution in [0.1, 0.15) is 15.9 Å². The number of ether oxygens (including phenoxy) is 2. The van der Waals surface area contributed by atoms with E-state index in [0.29, 0.717) is 30.3 Å². The molecule has 102 valence electrons. The van der Waals surface area contributed by atoms with Crippen LogP contribution in [-0.4, -0.2) is 19.1 Å². The molecule has 20 heavy (non-hydrogen) atoms. The molecule has 1 N–H and O–H groups in total. The molecule has 0 aliphatic carbocycles. The van der Waals surface area contributed by atoms with E-state index in [2.05, 4.69) is 5.32 Å². The normalized spacial score (nSPS) is 12.8. The molecule has 0 radical (unpaired) electrons. The molecule has 0 spiro atoms. The average Bonchev–Trinajstić information content (AvgIpc) is 2.47. The average molecular weight is 269 g/mol. The smallest absolute Gasteiger partial charge is 0.255 e. The minimum absolute atomic E-state index is 0.160. The van der Waals surface area contributed by atoms with Gasteiger partial charge in [-0.25, -0.2) is 0 Å². The molecule has 4 heteroatoms. The van der Waals surface area contributed by atoms with Crippen LogP contribution in [0.3, 0.4) is 0 Å². The number of carbonyl (C=O) groups excluding carboxylic acids is 1. The Hall–Kier alpha value is -2.49. The summed E-state index contributed by atoms with van der Waals surface area (Å²) in [5.41, 5.74) is 2.44. The number of hydrogen-bond donors (Lipinski definition) is 1. The molecule has 2 aromatic rings. The summed E-state index contributed by atoms with van der Waals surface area (Å²) in [7, 11) is 0. The minimum Gasteiger partial charge on any atom is -0.486 e. The number of nitrogens with one attached hydrogen (secondary N) is 1. The summed E-state index contributed by atoms with van der Waals surface area (Å²) in [6.45, 7) is 3.04. The van der Waals surface area contributed by atoms with Crippen LogP contribution in [0.2, 0.25) is 0 Å². The van der Waals surface area contributed by atoms with Gasteiger partial charge in [-0.2, -0.15) is 0 Å². The maximum absolute atomic E-state index is 12.2. The Morgan fingerprint density at radius 2 is 1.85 bits per heavy atom. The van der Waals surface area contributed by atoms with Crippen LogP contribution >= 0.6 is 0 Å². The van der Waals surface area contributed by atoms with E-state index in [4.69, 9.17) is 9.47 Å². The van der Waals surface area contributed by atoms with Gasteiger partial charge in [-0.1, -0.05) is 12.1 Å². The SMILES string of the molecule is Cc1cccc(NC(=O)c2ccc3c(c2)OCCO3)c1. The third kappa shape index (κ3) is 2.59. The Kier molecular flexibility index (Phi) is 3.29. The van der Waals surface area contributed by atoms with Gasteiger partial charge in [0.2, 0.25) is 0 Å². The standard InChI is InChI=1S/C16H15NO3/c1-11-3-2-4-13(9-11)17-16(18)12-5-6-14-15(10-12)20-8-7-19-14/h2-6,9-10H,7-8H2,1H3,(H,17,18). The Morgan fingerprint density at radius 3 is 2.65 bits per heavy atom. The van der Waals surface area contributed by atoms with Gasteiger partial charge in [0.05, 0.1) is 0 Å². The number of anilines is 1. The first-order chi connectivity index (χ1) is 9.72. The Morgan fingerprint density at radius 1 is 1.05 bits per heavy atom. The van der Waals surface area contributed by atoms with E-state index in [1.165, 1.54) is 0 Å². The van der Waals surface area contributed by atoms with Gasteiger partial charge in [-0.05, 0) is 42.8 Å². The monoisotopic (exact) mass is 269 g/mol. The highest BCUT2D eigenvalue weighted by atomic mass is 16.6. The highest BCUT2D eigenvalue weighted by molar-refractivity contribution is 6.04. The summed E-state index contributed by atoms with van der Waals surface area (Å²) in [5, 5.41) is 2.87. The van der Waals surface area contributed by atoms with Crippen LogP contribution in [0.15, 0.2) is 42.5 Å². The number of hydrogen-bond acceptors (Lipinski definition) is 3. The van der Waals surface area contributed by atoms with Gasteiger partial charge in [-0.15, -0.1) is 0 Å². The molecular weight excluding hydrogens is 254 g/mol. The molecular formula is C16H15NO3.